The molecule has 0 saturated heterocycles. The van der Waals surface area contributed by atoms with Gasteiger partial charge in [0.25, 0.3) is 0 Å². The number of aliphatic hydroxyl groups excluding tert-OH is 1. The molecule has 0 spiro atoms. The number of aromatic hydroxyl groups is 1. The normalized spacial score (nSPS) is 14.4. The van der Waals surface area contributed by atoms with Gasteiger partial charge in [-0.3, -0.25) is 71.9 Å². The Kier molecular flexibility index (Phi) is 40.7. The monoisotopic (exact) mass is 1530 g/mol. The van der Waals surface area contributed by atoms with Gasteiger partial charge in [-0.2, -0.15) is 0 Å². The molecule has 0 aliphatic carbocycles. The highest BCUT2D eigenvalue weighted by atomic mass is 16.4. The van der Waals surface area contributed by atoms with Crippen LogP contribution < -0.4 is 75.7 Å². The van der Waals surface area contributed by atoms with Gasteiger partial charge in [-0.1, -0.05) is 100 Å². The second-order valence-corrected chi connectivity index (χ2v) is 26.9. The zero-order valence-electron chi connectivity index (χ0n) is 61.2. The van der Waals surface area contributed by atoms with Crippen molar-refractivity contribution in [1.82, 2.24) is 58.5 Å². The molecule has 11 amide bonds. The summed E-state index contributed by atoms with van der Waals surface area (Å²) < 4.78 is 0. The first kappa shape index (κ1) is 92.0. The van der Waals surface area contributed by atoms with E-state index in [1.54, 1.807) is 88.4 Å². The number of carbonyl (C=O) groups excluding carboxylic acids is 11. The molecule has 0 bridgehead atoms. The van der Waals surface area contributed by atoms with Crippen molar-refractivity contribution in [3.8, 4) is 5.75 Å². The zero-order chi connectivity index (χ0) is 81.4. The fourth-order valence-electron chi connectivity index (χ4n) is 11.1. The van der Waals surface area contributed by atoms with Crippen LogP contribution >= 0.6 is 0 Å². The minimum atomic E-state index is -2.03. The van der Waals surface area contributed by atoms with Crippen LogP contribution in [-0.4, -0.2) is 223 Å². The number of rotatable bonds is 52. The number of carbonyl (C=O) groups is 16. The van der Waals surface area contributed by atoms with Crippen molar-refractivity contribution in [1.29, 1.82) is 0 Å². The maximum Gasteiger partial charge on any atom is 0.326 e. The van der Waals surface area contributed by atoms with Crippen molar-refractivity contribution < 1.29 is 112 Å². The maximum absolute atomic E-state index is 14.5. The summed E-state index contributed by atoms with van der Waals surface area (Å²) >= 11 is 0. The number of hydrogen-bond donors (Lipinski definition) is 21. The van der Waals surface area contributed by atoms with Crippen LogP contribution in [0.2, 0.25) is 0 Å². The van der Waals surface area contributed by atoms with E-state index in [0.29, 0.717) is 16.7 Å². The van der Waals surface area contributed by atoms with Gasteiger partial charge in [-0.25, -0.2) is 4.79 Å². The molecule has 0 unspecified atom stereocenters. The number of nitrogens with two attached hydrogens (primary N) is 3. The van der Waals surface area contributed by atoms with Crippen LogP contribution in [0.3, 0.4) is 0 Å². The van der Waals surface area contributed by atoms with Crippen molar-refractivity contribution in [3.05, 3.63) is 102 Å². The fraction of sp³-hybridized carbons (Fsp3) is 0.528. The largest absolute Gasteiger partial charge is 0.508 e. The number of phenols is 1. The number of amides is 11. The van der Waals surface area contributed by atoms with Gasteiger partial charge in [0.1, 0.15) is 72.2 Å². The number of phenolic OH excluding ortho intramolecular Hbond substituents is 1. The van der Waals surface area contributed by atoms with E-state index in [9.17, 15) is 112 Å². The summed E-state index contributed by atoms with van der Waals surface area (Å²) in [7, 11) is 0. The molecule has 0 fully saturated rings. The Morgan fingerprint density at radius 1 is 0.330 bits per heavy atom. The molecule has 0 aliphatic rings. The Morgan fingerprint density at radius 3 is 0.982 bits per heavy atom. The summed E-state index contributed by atoms with van der Waals surface area (Å²) in [6.07, 6.45) is -5.76. The Balaban J connectivity index is 1.98. The standard InChI is InChI=1S/C72H104N14O23/c1-39(2)31-45(75)61(97)80-53(36-59(93)94)70(106)86-56(38-87)71(107)83-51(33-41-15-7-5-8-16-41)67(103)76-46(19-11-13-29-73)62(98)78-48(25-27-57(89)90)64(100)79-49(26-28-58(91)92)65(101)81-50(32-40(3)4)66(102)84-54(37-60(95)96)69(105)77-47(20-12-14-30-74)63(99)82-52(34-43-21-23-44(88)24-22-43)68(104)85-55(72(108)109)35-42-17-9-6-10-18-42/h5-10,15-18,21-24,39-40,45-56,87-88H,11-14,19-20,25-38,73-75H2,1-4H3,(H,76,103)(H,77,105)(H,78,98)(H,79,100)(H,80,97)(H,81,101)(H,82,99)(H,83,107)(H,84,102)(H,85,104)(H,86,106)(H,89,90)(H,91,92)(H,93,94)(H,95,96)(H,108,109)/t45-,46-,47-,48-,49-,50-,51-,52-,53-,54-,55-,56-/m0/s1. The van der Waals surface area contributed by atoms with Crippen molar-refractivity contribution >= 4 is 94.8 Å². The molecule has 12 atom stereocenters. The Bertz CT molecular complexity index is 3550. The molecule has 37 nitrogen and oxygen atoms in total. The van der Waals surface area contributed by atoms with Crippen LogP contribution in [0.5, 0.6) is 5.75 Å². The summed E-state index contributed by atoms with van der Waals surface area (Å²) in [6, 6.07) is 1.38. The maximum atomic E-state index is 14.5. The summed E-state index contributed by atoms with van der Waals surface area (Å²) in [5, 5.41) is 95.9. The topological polar surface area (TPSA) is 625 Å². The molecule has 0 aliphatic heterocycles. The highest BCUT2D eigenvalue weighted by Gasteiger charge is 2.38. The number of carboxylic acid groups (broad SMARTS) is 5. The van der Waals surface area contributed by atoms with Crippen molar-refractivity contribution in [2.45, 2.75) is 209 Å². The van der Waals surface area contributed by atoms with E-state index in [1.165, 1.54) is 24.3 Å². The van der Waals surface area contributed by atoms with E-state index in [2.05, 4.69) is 58.5 Å². The Morgan fingerprint density at radius 2 is 0.624 bits per heavy atom. The van der Waals surface area contributed by atoms with E-state index < -0.39 is 218 Å². The number of hydrogen-bond acceptors (Lipinski definition) is 21. The first-order valence-electron chi connectivity index (χ1n) is 35.6. The van der Waals surface area contributed by atoms with E-state index in [1.807, 2.05) is 0 Å². The highest BCUT2D eigenvalue weighted by Crippen LogP contribution is 2.16. The third-order valence-corrected chi connectivity index (χ3v) is 16.8. The molecule has 3 aromatic carbocycles. The molecule has 109 heavy (non-hydrogen) atoms. The highest BCUT2D eigenvalue weighted by molar-refractivity contribution is 6.00. The third kappa shape index (κ3) is 35.4. The Hall–Kier alpha value is -11.2. The molecular formula is C72H104N14O23. The predicted octanol–water partition coefficient (Wildman–Crippen LogP) is -2.81. The molecule has 600 valence electrons. The lowest BCUT2D eigenvalue weighted by molar-refractivity contribution is -0.142. The lowest BCUT2D eigenvalue weighted by atomic mass is 10.0. The first-order chi connectivity index (χ1) is 51.5. The van der Waals surface area contributed by atoms with Gasteiger partial charge in [0.05, 0.1) is 25.5 Å². The first-order valence-corrected chi connectivity index (χ1v) is 35.6. The molecule has 0 aromatic heterocycles. The zero-order valence-corrected chi connectivity index (χ0v) is 61.2. The van der Waals surface area contributed by atoms with E-state index >= 15 is 0 Å². The number of nitrogens with one attached hydrogen (secondary N) is 11. The molecular weight excluding hydrogens is 1430 g/mol. The summed E-state index contributed by atoms with van der Waals surface area (Å²) in [5.74, 6) is -20.9. The van der Waals surface area contributed by atoms with Gasteiger partial charge >= 0.3 is 29.8 Å². The van der Waals surface area contributed by atoms with E-state index in [0.717, 1.165) is 0 Å². The lowest BCUT2D eigenvalue weighted by Gasteiger charge is -2.28. The minimum Gasteiger partial charge on any atom is -0.508 e. The van der Waals surface area contributed by atoms with Gasteiger partial charge in [-0.05, 0) is 118 Å². The van der Waals surface area contributed by atoms with E-state index in [-0.39, 0.29) is 95.4 Å². The van der Waals surface area contributed by atoms with Crippen LogP contribution in [0.15, 0.2) is 84.9 Å². The number of aliphatic hydroxyl groups is 1. The SMILES string of the molecule is CC(C)C[C@H](NC(=O)[C@H](CCC(=O)O)NC(=O)[C@H](CCC(=O)O)NC(=O)[C@H](CCCCN)NC(=O)[C@H](Cc1ccccc1)NC(=O)[C@H](CO)NC(=O)[C@H](CC(=O)O)NC(=O)[C@@H](N)CC(C)C)C(=O)N[C@@H](CC(=O)O)C(=O)N[C@@H](CCCCN)C(=O)N[C@@H](Cc1ccc(O)cc1)C(=O)N[C@@H](Cc1ccccc1)C(=O)O. The van der Waals surface area contributed by atoms with Crippen molar-refractivity contribution in [2.75, 3.05) is 19.7 Å². The molecule has 0 saturated carbocycles. The Labute approximate surface area is 628 Å². The predicted molar refractivity (Wildman–Crippen MR) is 389 cm³/mol. The average Bonchev–Trinajstić information content (AvgIpc) is 0.856. The molecule has 3 rings (SSSR count). The number of unbranched alkanes of at least 4 members (excludes halogenated alkanes) is 2. The molecule has 0 radical (unpaired) electrons. The summed E-state index contributed by atoms with van der Waals surface area (Å²) in [6.45, 7) is 5.78. The summed E-state index contributed by atoms with van der Waals surface area (Å²) in [5.41, 5.74) is 18.8. The quantitative estimate of drug-likeness (QED) is 0.0254. The number of benzene rings is 3. The van der Waals surface area contributed by atoms with Crippen LogP contribution in [0, 0.1) is 11.8 Å². The third-order valence-electron chi connectivity index (χ3n) is 16.8. The van der Waals surface area contributed by atoms with Crippen molar-refractivity contribution in [3.63, 3.8) is 0 Å². The lowest BCUT2D eigenvalue weighted by Crippen LogP contribution is -2.61. The number of aliphatic carboxylic acids is 5. The van der Waals surface area contributed by atoms with E-state index in [4.69, 9.17) is 17.2 Å². The minimum absolute atomic E-state index is 0.0761. The molecule has 3 aromatic rings. The summed E-state index contributed by atoms with van der Waals surface area (Å²) in [4.78, 5) is 216. The average molecular weight is 1530 g/mol. The van der Waals surface area contributed by atoms with Crippen LogP contribution in [0.25, 0.3) is 0 Å². The van der Waals surface area contributed by atoms with Gasteiger partial charge in [0.15, 0.2) is 0 Å². The second kappa shape index (κ2) is 48.2. The molecule has 0 heterocycles. The molecule has 37 heteroatoms. The van der Waals surface area contributed by atoms with Crippen molar-refractivity contribution in [2.24, 2.45) is 29.0 Å². The number of carboxylic acids is 5. The van der Waals surface area contributed by atoms with Crippen LogP contribution in [0.4, 0.5) is 0 Å². The van der Waals surface area contributed by atoms with Gasteiger partial charge < -0.3 is 111 Å². The van der Waals surface area contributed by atoms with Gasteiger partial charge in [-0.15, -0.1) is 0 Å². The van der Waals surface area contributed by atoms with Gasteiger partial charge in [0.2, 0.25) is 65.0 Å². The molecule has 24 N–H and O–H groups in total. The van der Waals surface area contributed by atoms with Crippen LogP contribution in [0.1, 0.15) is 134 Å². The van der Waals surface area contributed by atoms with Crippen LogP contribution in [-0.2, 0) is 96.0 Å². The van der Waals surface area contributed by atoms with Gasteiger partial charge in [0, 0.05) is 32.1 Å². The fourth-order valence-corrected chi connectivity index (χ4v) is 11.1. The smallest absolute Gasteiger partial charge is 0.326 e. The second-order valence-electron chi connectivity index (χ2n) is 26.9.